The van der Waals surface area contributed by atoms with Crippen molar-refractivity contribution in [3.8, 4) is 11.1 Å². The molecule has 1 aliphatic rings. The smallest absolute Gasteiger partial charge is 0.131 e. The van der Waals surface area contributed by atoms with Crippen LogP contribution in [0.25, 0.3) is 11.1 Å². The van der Waals surface area contributed by atoms with E-state index in [4.69, 9.17) is 11.6 Å². The normalized spacial score (nSPS) is 13.9. The molecule has 0 saturated heterocycles. The van der Waals surface area contributed by atoms with Crippen molar-refractivity contribution in [3.63, 3.8) is 0 Å². The van der Waals surface area contributed by atoms with Crippen LogP contribution in [0.2, 0.25) is 5.15 Å². The van der Waals surface area contributed by atoms with Gasteiger partial charge in [-0.25, -0.2) is 4.98 Å². The van der Waals surface area contributed by atoms with E-state index in [1.807, 2.05) is 25.4 Å². The molecule has 1 aromatic carbocycles. The van der Waals surface area contributed by atoms with Crippen LogP contribution < -0.4 is 0 Å². The largest absolute Gasteiger partial charge is 0.289 e. The number of nitrogens with zero attached hydrogens (tertiary/aromatic N) is 3. The Labute approximate surface area is 153 Å². The van der Waals surface area contributed by atoms with Crippen LogP contribution in [0.15, 0.2) is 48.8 Å². The fourth-order valence-corrected chi connectivity index (χ4v) is 3.49. The molecule has 0 atom stereocenters. The Kier molecular flexibility index (Phi) is 4.28. The molecule has 3 aromatic rings. The molecule has 4 heteroatoms. The predicted octanol–water partition coefficient (Wildman–Crippen LogP) is 4.93. The second-order valence-electron chi connectivity index (χ2n) is 6.73. The lowest BCUT2D eigenvalue weighted by Crippen LogP contribution is -2.16. The summed E-state index contributed by atoms with van der Waals surface area (Å²) in [5, 5.41) is 0.569. The molecule has 0 unspecified atom stereocenters. The number of aryl methyl sites for hydroxylation is 2. The Morgan fingerprint density at radius 2 is 1.84 bits per heavy atom. The first-order valence-electron chi connectivity index (χ1n) is 8.47. The van der Waals surface area contributed by atoms with Crippen molar-refractivity contribution in [2.45, 2.75) is 33.5 Å². The molecule has 2 aromatic heterocycles. The fraction of sp³-hybridized carbons (Fsp3) is 0.238. The maximum Gasteiger partial charge on any atom is 0.131 e. The van der Waals surface area contributed by atoms with Crippen molar-refractivity contribution in [1.82, 2.24) is 14.9 Å². The van der Waals surface area contributed by atoms with Gasteiger partial charge in [-0.3, -0.25) is 9.88 Å². The molecule has 0 aliphatic carbocycles. The van der Waals surface area contributed by atoms with Gasteiger partial charge in [0.1, 0.15) is 5.15 Å². The van der Waals surface area contributed by atoms with Crippen LogP contribution in [0.4, 0.5) is 0 Å². The SMILES string of the molecule is Cc1cc(-c2cnc(Cl)c(C)c2)ccc1CN1Cc2cccnc2C1. The average Bonchev–Trinajstić information content (AvgIpc) is 3.01. The van der Waals surface area contributed by atoms with E-state index in [0.717, 1.165) is 30.8 Å². The molecule has 0 N–H and O–H groups in total. The van der Waals surface area contributed by atoms with E-state index in [0.29, 0.717) is 5.15 Å². The second kappa shape index (κ2) is 6.58. The standard InChI is InChI=1S/C21H20ClN3/c1-14-8-16(19-9-15(2)21(22)24-10-19)5-6-17(14)11-25-12-18-4-3-7-23-20(18)13-25/h3-10H,11-13H2,1-2H3. The zero-order valence-electron chi connectivity index (χ0n) is 14.5. The molecule has 1 aliphatic heterocycles. The van der Waals surface area contributed by atoms with Gasteiger partial charge < -0.3 is 0 Å². The van der Waals surface area contributed by atoms with Crippen molar-refractivity contribution >= 4 is 11.6 Å². The van der Waals surface area contributed by atoms with Gasteiger partial charge in [0.2, 0.25) is 0 Å². The van der Waals surface area contributed by atoms with Gasteiger partial charge in [-0.2, -0.15) is 0 Å². The van der Waals surface area contributed by atoms with Crippen molar-refractivity contribution in [2.24, 2.45) is 0 Å². The Morgan fingerprint density at radius 3 is 2.60 bits per heavy atom. The Morgan fingerprint density at radius 1 is 1.00 bits per heavy atom. The molecule has 0 fully saturated rings. The zero-order valence-corrected chi connectivity index (χ0v) is 15.2. The Hall–Kier alpha value is -2.23. The first-order valence-corrected chi connectivity index (χ1v) is 8.85. The summed E-state index contributed by atoms with van der Waals surface area (Å²) in [7, 11) is 0. The highest BCUT2D eigenvalue weighted by atomic mass is 35.5. The second-order valence-corrected chi connectivity index (χ2v) is 7.09. The topological polar surface area (TPSA) is 29.0 Å². The van der Waals surface area contributed by atoms with E-state index in [9.17, 15) is 0 Å². The maximum atomic E-state index is 6.04. The van der Waals surface area contributed by atoms with E-state index in [2.05, 4.69) is 52.1 Å². The van der Waals surface area contributed by atoms with E-state index in [-0.39, 0.29) is 0 Å². The van der Waals surface area contributed by atoms with Crippen molar-refractivity contribution in [2.75, 3.05) is 0 Å². The van der Waals surface area contributed by atoms with Crippen molar-refractivity contribution in [1.29, 1.82) is 0 Å². The molecule has 0 amide bonds. The summed E-state index contributed by atoms with van der Waals surface area (Å²) in [6.07, 6.45) is 3.72. The van der Waals surface area contributed by atoms with Crippen molar-refractivity contribution < 1.29 is 0 Å². The van der Waals surface area contributed by atoms with Gasteiger partial charge in [-0.1, -0.05) is 35.9 Å². The molecule has 4 rings (SSSR count). The van der Waals surface area contributed by atoms with Crippen LogP contribution in [-0.4, -0.2) is 14.9 Å². The van der Waals surface area contributed by atoms with Crippen LogP contribution in [0, 0.1) is 13.8 Å². The highest BCUT2D eigenvalue weighted by Gasteiger charge is 2.20. The number of rotatable bonds is 3. The highest BCUT2D eigenvalue weighted by Crippen LogP contribution is 2.27. The molecule has 0 saturated carbocycles. The number of benzene rings is 1. The first kappa shape index (κ1) is 16.2. The van der Waals surface area contributed by atoms with Gasteiger partial charge in [0.15, 0.2) is 0 Å². The zero-order chi connectivity index (χ0) is 17.4. The molecule has 126 valence electrons. The summed E-state index contributed by atoms with van der Waals surface area (Å²) in [4.78, 5) is 11.2. The van der Waals surface area contributed by atoms with E-state index in [1.54, 1.807) is 0 Å². The minimum absolute atomic E-state index is 0.569. The van der Waals surface area contributed by atoms with Crippen LogP contribution in [0.5, 0.6) is 0 Å². The minimum Gasteiger partial charge on any atom is -0.289 e. The van der Waals surface area contributed by atoms with Gasteiger partial charge in [0.25, 0.3) is 0 Å². The van der Waals surface area contributed by atoms with Crippen LogP contribution in [-0.2, 0) is 19.6 Å². The van der Waals surface area contributed by atoms with E-state index < -0.39 is 0 Å². The number of aromatic nitrogens is 2. The van der Waals surface area contributed by atoms with Gasteiger partial charge >= 0.3 is 0 Å². The number of fused-ring (bicyclic) bond motifs is 1. The molecule has 25 heavy (non-hydrogen) atoms. The summed E-state index contributed by atoms with van der Waals surface area (Å²) in [5.41, 5.74) is 8.50. The number of hydrogen-bond acceptors (Lipinski definition) is 3. The molecular formula is C21H20ClN3. The summed E-state index contributed by atoms with van der Waals surface area (Å²) >= 11 is 6.04. The summed E-state index contributed by atoms with van der Waals surface area (Å²) in [5.74, 6) is 0. The van der Waals surface area contributed by atoms with Crippen LogP contribution in [0.1, 0.15) is 27.9 Å². The van der Waals surface area contributed by atoms with Crippen molar-refractivity contribution in [3.05, 3.63) is 81.9 Å². The lowest BCUT2D eigenvalue weighted by Gasteiger charge is -2.17. The molecule has 3 nitrogen and oxygen atoms in total. The Bertz CT molecular complexity index is 911. The third-order valence-corrected chi connectivity index (χ3v) is 5.23. The maximum absolute atomic E-state index is 6.04. The first-order chi connectivity index (χ1) is 12.1. The third-order valence-electron chi connectivity index (χ3n) is 4.84. The summed E-state index contributed by atoms with van der Waals surface area (Å²) < 4.78 is 0. The lowest BCUT2D eigenvalue weighted by molar-refractivity contribution is 0.273. The van der Waals surface area contributed by atoms with Gasteiger partial charge in [0, 0.05) is 37.6 Å². The average molecular weight is 350 g/mol. The van der Waals surface area contributed by atoms with Crippen LogP contribution >= 0.6 is 11.6 Å². The number of pyridine rings is 2. The quantitative estimate of drug-likeness (QED) is 0.628. The molecule has 0 spiro atoms. The van der Waals surface area contributed by atoms with E-state index in [1.165, 1.54) is 27.9 Å². The minimum atomic E-state index is 0.569. The molecule has 0 bridgehead atoms. The molecule has 3 heterocycles. The monoisotopic (exact) mass is 349 g/mol. The summed E-state index contributed by atoms with van der Waals surface area (Å²) in [6, 6.07) is 12.9. The van der Waals surface area contributed by atoms with Gasteiger partial charge in [0.05, 0.1) is 5.69 Å². The Balaban J connectivity index is 1.54. The third kappa shape index (κ3) is 3.30. The lowest BCUT2D eigenvalue weighted by atomic mass is 10.00. The number of hydrogen-bond donors (Lipinski definition) is 0. The van der Waals surface area contributed by atoms with E-state index >= 15 is 0 Å². The fourth-order valence-electron chi connectivity index (χ4n) is 3.39. The van der Waals surface area contributed by atoms with Gasteiger partial charge in [-0.05, 0) is 53.8 Å². The molecular weight excluding hydrogens is 330 g/mol. The number of halogens is 1. The predicted molar refractivity (Wildman–Crippen MR) is 101 cm³/mol. The van der Waals surface area contributed by atoms with Gasteiger partial charge in [-0.15, -0.1) is 0 Å². The highest BCUT2D eigenvalue weighted by molar-refractivity contribution is 6.30. The summed E-state index contributed by atoms with van der Waals surface area (Å²) in [6.45, 7) is 7.01. The van der Waals surface area contributed by atoms with Crippen LogP contribution in [0.3, 0.4) is 0 Å². The molecule has 0 radical (unpaired) electrons.